The molecule has 1 aliphatic carbocycles. The SMILES string of the molecule is C=CC(=O)N1CC(Oc2cc3c(Nc4cc(-c5ccco5)ccc4OC4CC4)ncnc3cc2OC)C1. The van der Waals surface area contributed by atoms with Crippen molar-refractivity contribution in [1.29, 1.82) is 0 Å². The van der Waals surface area contributed by atoms with E-state index in [-0.39, 0.29) is 18.1 Å². The van der Waals surface area contributed by atoms with Crippen LogP contribution in [0.3, 0.4) is 0 Å². The van der Waals surface area contributed by atoms with Crippen LogP contribution in [0.5, 0.6) is 17.2 Å². The number of anilines is 2. The molecule has 2 fully saturated rings. The Morgan fingerprint density at radius 2 is 1.92 bits per heavy atom. The van der Waals surface area contributed by atoms with Crippen molar-refractivity contribution in [3.05, 3.63) is 67.7 Å². The molecule has 0 bridgehead atoms. The van der Waals surface area contributed by atoms with Crippen molar-refractivity contribution in [2.75, 3.05) is 25.5 Å². The number of methoxy groups -OCH3 is 1. The number of likely N-dealkylation sites (tertiary alicyclic amines) is 1. The summed E-state index contributed by atoms with van der Waals surface area (Å²) in [5.41, 5.74) is 2.39. The summed E-state index contributed by atoms with van der Waals surface area (Å²) in [5, 5.41) is 4.21. The highest BCUT2D eigenvalue weighted by Gasteiger charge is 2.32. The van der Waals surface area contributed by atoms with E-state index in [0.717, 1.165) is 41.0 Å². The van der Waals surface area contributed by atoms with E-state index in [1.165, 1.54) is 12.4 Å². The van der Waals surface area contributed by atoms with Crippen molar-refractivity contribution in [3.8, 4) is 28.6 Å². The van der Waals surface area contributed by atoms with E-state index in [0.29, 0.717) is 35.9 Å². The molecule has 188 valence electrons. The summed E-state index contributed by atoms with van der Waals surface area (Å²) in [6.07, 6.45) is 6.66. The second-order valence-corrected chi connectivity index (χ2v) is 9.06. The van der Waals surface area contributed by atoms with Crippen LogP contribution in [0.25, 0.3) is 22.2 Å². The van der Waals surface area contributed by atoms with Crippen LogP contribution in [0.15, 0.2) is 72.1 Å². The van der Waals surface area contributed by atoms with Crippen molar-refractivity contribution in [2.45, 2.75) is 25.0 Å². The molecule has 1 aliphatic heterocycles. The second kappa shape index (κ2) is 9.50. The molecular formula is C28H26N4O5. The minimum Gasteiger partial charge on any atom is -0.493 e. The lowest BCUT2D eigenvalue weighted by Crippen LogP contribution is -2.55. The van der Waals surface area contributed by atoms with Gasteiger partial charge in [-0.15, -0.1) is 0 Å². The number of fused-ring (bicyclic) bond motifs is 1. The standard InChI is InChI=1S/C28H26N4O5/c1-3-27(33)32-14-19(15-32)37-26-12-20-21(13-25(26)34-2)29-16-30-28(20)31-22-11-17(23-5-4-10-35-23)6-9-24(22)36-18-7-8-18/h3-6,9-13,16,18-19H,1,7-8,14-15H2,2H3,(H,29,30,31). The third-order valence-electron chi connectivity index (χ3n) is 6.41. The fraction of sp³-hybridized carbons (Fsp3) is 0.250. The third-order valence-corrected chi connectivity index (χ3v) is 6.41. The summed E-state index contributed by atoms with van der Waals surface area (Å²) < 4.78 is 23.5. The van der Waals surface area contributed by atoms with E-state index in [2.05, 4.69) is 21.9 Å². The van der Waals surface area contributed by atoms with Gasteiger partial charge in [-0.05, 0) is 55.3 Å². The average Bonchev–Trinajstić information content (AvgIpc) is 3.54. The molecule has 9 nitrogen and oxygen atoms in total. The van der Waals surface area contributed by atoms with E-state index in [1.54, 1.807) is 18.3 Å². The van der Waals surface area contributed by atoms with Gasteiger partial charge in [0.25, 0.3) is 0 Å². The Labute approximate surface area is 213 Å². The molecule has 1 N–H and O–H groups in total. The number of nitrogens with zero attached hydrogens (tertiary/aromatic N) is 3. The lowest BCUT2D eigenvalue weighted by atomic mass is 10.1. The van der Waals surface area contributed by atoms with Gasteiger partial charge in [0.1, 0.15) is 29.8 Å². The molecule has 3 heterocycles. The molecule has 1 saturated carbocycles. The number of furan rings is 1. The first kappa shape index (κ1) is 22.9. The molecule has 4 aromatic rings. The van der Waals surface area contributed by atoms with Gasteiger partial charge in [0, 0.05) is 17.0 Å². The highest BCUT2D eigenvalue weighted by atomic mass is 16.5. The number of aromatic nitrogens is 2. The molecule has 1 saturated heterocycles. The zero-order valence-electron chi connectivity index (χ0n) is 20.3. The van der Waals surface area contributed by atoms with Crippen molar-refractivity contribution in [1.82, 2.24) is 14.9 Å². The summed E-state index contributed by atoms with van der Waals surface area (Å²) in [5.74, 6) is 3.12. The molecule has 0 spiro atoms. The Morgan fingerprint density at radius 3 is 2.65 bits per heavy atom. The Bertz CT molecular complexity index is 1460. The number of ether oxygens (including phenoxy) is 3. The van der Waals surface area contributed by atoms with Gasteiger partial charge in [0.15, 0.2) is 11.5 Å². The van der Waals surface area contributed by atoms with E-state index >= 15 is 0 Å². The third kappa shape index (κ3) is 4.67. The van der Waals surface area contributed by atoms with Crippen molar-refractivity contribution in [3.63, 3.8) is 0 Å². The van der Waals surface area contributed by atoms with Gasteiger partial charge in [-0.2, -0.15) is 0 Å². The summed E-state index contributed by atoms with van der Waals surface area (Å²) >= 11 is 0. The van der Waals surface area contributed by atoms with E-state index < -0.39 is 0 Å². The molecular weight excluding hydrogens is 472 g/mol. The van der Waals surface area contributed by atoms with Crippen molar-refractivity contribution < 1.29 is 23.4 Å². The number of rotatable bonds is 9. The predicted octanol–water partition coefficient (Wildman–Crippen LogP) is 4.96. The number of hydrogen-bond donors (Lipinski definition) is 1. The number of carbonyl (C=O) groups excluding carboxylic acids is 1. The monoisotopic (exact) mass is 498 g/mol. The van der Waals surface area contributed by atoms with Crippen LogP contribution < -0.4 is 19.5 Å². The molecule has 9 heteroatoms. The maximum Gasteiger partial charge on any atom is 0.246 e. The van der Waals surface area contributed by atoms with E-state index in [4.69, 9.17) is 18.6 Å². The Kier molecular flexibility index (Phi) is 5.88. The first-order valence-corrected chi connectivity index (χ1v) is 12.1. The summed E-state index contributed by atoms with van der Waals surface area (Å²) in [4.78, 5) is 22.4. The van der Waals surface area contributed by atoms with Crippen LogP contribution in [0.4, 0.5) is 11.5 Å². The van der Waals surface area contributed by atoms with Crippen LogP contribution in [-0.4, -0.2) is 53.2 Å². The fourth-order valence-electron chi connectivity index (χ4n) is 4.24. The van der Waals surface area contributed by atoms with Crippen LogP contribution >= 0.6 is 0 Å². The molecule has 6 rings (SSSR count). The summed E-state index contributed by atoms with van der Waals surface area (Å²) in [6.45, 7) is 4.52. The smallest absolute Gasteiger partial charge is 0.246 e. The van der Waals surface area contributed by atoms with Gasteiger partial charge in [0.2, 0.25) is 5.91 Å². The zero-order valence-corrected chi connectivity index (χ0v) is 20.3. The maximum absolute atomic E-state index is 11.8. The quantitative estimate of drug-likeness (QED) is 0.323. The van der Waals surface area contributed by atoms with Gasteiger partial charge in [-0.25, -0.2) is 9.97 Å². The molecule has 0 unspecified atom stereocenters. The number of hydrogen-bond acceptors (Lipinski definition) is 8. The maximum atomic E-state index is 11.8. The number of nitrogens with one attached hydrogen (secondary N) is 1. The highest BCUT2D eigenvalue weighted by molar-refractivity contribution is 5.94. The van der Waals surface area contributed by atoms with Gasteiger partial charge in [-0.3, -0.25) is 4.79 Å². The van der Waals surface area contributed by atoms with Gasteiger partial charge >= 0.3 is 0 Å². The number of benzene rings is 2. The van der Waals surface area contributed by atoms with E-state index in [1.807, 2.05) is 42.5 Å². The first-order chi connectivity index (χ1) is 18.1. The van der Waals surface area contributed by atoms with Gasteiger partial charge in [0.05, 0.1) is 43.8 Å². The van der Waals surface area contributed by atoms with Gasteiger partial charge in [-0.1, -0.05) is 6.58 Å². The molecule has 1 amide bonds. The Morgan fingerprint density at radius 1 is 1.08 bits per heavy atom. The zero-order chi connectivity index (χ0) is 25.4. The molecule has 0 radical (unpaired) electrons. The van der Waals surface area contributed by atoms with Crippen molar-refractivity contribution in [2.24, 2.45) is 0 Å². The van der Waals surface area contributed by atoms with Crippen LogP contribution in [0.1, 0.15) is 12.8 Å². The molecule has 2 aromatic carbocycles. The molecule has 2 aliphatic rings. The number of amides is 1. The number of carbonyl (C=O) groups is 1. The minimum atomic E-state index is -0.139. The first-order valence-electron chi connectivity index (χ1n) is 12.1. The molecule has 37 heavy (non-hydrogen) atoms. The normalized spacial score (nSPS) is 15.2. The van der Waals surface area contributed by atoms with E-state index in [9.17, 15) is 4.79 Å². The van der Waals surface area contributed by atoms with Crippen LogP contribution in [0.2, 0.25) is 0 Å². The molecule has 0 atom stereocenters. The largest absolute Gasteiger partial charge is 0.493 e. The average molecular weight is 499 g/mol. The summed E-state index contributed by atoms with van der Waals surface area (Å²) in [7, 11) is 1.59. The lowest BCUT2D eigenvalue weighted by Gasteiger charge is -2.38. The summed E-state index contributed by atoms with van der Waals surface area (Å²) in [6, 6.07) is 13.4. The second-order valence-electron chi connectivity index (χ2n) is 9.06. The Hall–Kier alpha value is -4.53. The van der Waals surface area contributed by atoms with Crippen LogP contribution in [0, 0.1) is 0 Å². The minimum absolute atomic E-state index is 0.105. The highest BCUT2D eigenvalue weighted by Crippen LogP contribution is 2.40. The topological polar surface area (TPSA) is 99.0 Å². The molecule has 2 aromatic heterocycles. The predicted molar refractivity (Wildman–Crippen MR) is 138 cm³/mol. The fourth-order valence-corrected chi connectivity index (χ4v) is 4.24. The van der Waals surface area contributed by atoms with Crippen molar-refractivity contribution >= 4 is 28.3 Å². The van der Waals surface area contributed by atoms with Gasteiger partial charge < -0.3 is 28.8 Å². The lowest BCUT2D eigenvalue weighted by molar-refractivity contribution is -0.134. The Balaban J connectivity index is 1.33. The van der Waals surface area contributed by atoms with Crippen LogP contribution in [-0.2, 0) is 4.79 Å².